The van der Waals surface area contributed by atoms with E-state index >= 15 is 0 Å². The summed E-state index contributed by atoms with van der Waals surface area (Å²) in [6.07, 6.45) is 0.981. The molecule has 5 heteroatoms. The van der Waals surface area contributed by atoms with Gasteiger partial charge in [-0.1, -0.05) is 34.9 Å². The average molecular weight is 296 g/mol. The molecule has 2 N–H and O–H groups in total. The maximum atomic E-state index is 5.91. The van der Waals surface area contributed by atoms with Crippen molar-refractivity contribution in [2.24, 2.45) is 0 Å². The van der Waals surface area contributed by atoms with Crippen LogP contribution in [0.1, 0.15) is 32.0 Å². The van der Waals surface area contributed by atoms with E-state index in [-0.39, 0.29) is 0 Å². The lowest BCUT2D eigenvalue weighted by Crippen LogP contribution is -1.94. The molecule has 0 saturated heterocycles. The molecule has 1 heterocycles. The fourth-order valence-electron chi connectivity index (χ4n) is 1.46. The Kier molecular flexibility index (Phi) is 3.47. The molecule has 2 rings (SSSR count). The van der Waals surface area contributed by atoms with Gasteiger partial charge in [0.1, 0.15) is 0 Å². The maximum Gasteiger partial charge on any atom is 0.260 e. The topological polar surface area (TPSA) is 64.9 Å². The monoisotopic (exact) mass is 295 g/mol. The van der Waals surface area contributed by atoms with Crippen LogP contribution in [0.25, 0.3) is 11.5 Å². The Morgan fingerprint density at radius 2 is 2.24 bits per heavy atom. The van der Waals surface area contributed by atoms with E-state index < -0.39 is 0 Å². The Morgan fingerprint density at radius 3 is 2.88 bits per heavy atom. The molecular weight excluding hydrogens is 282 g/mol. The number of benzene rings is 1. The summed E-state index contributed by atoms with van der Waals surface area (Å²) in [6.45, 7) is 4.16. The van der Waals surface area contributed by atoms with Crippen molar-refractivity contribution >= 4 is 21.6 Å². The highest BCUT2D eigenvalue weighted by Gasteiger charge is 2.15. The van der Waals surface area contributed by atoms with Crippen LogP contribution in [0.5, 0.6) is 0 Å². The molecular formula is C12H14BrN3O. The molecule has 17 heavy (non-hydrogen) atoms. The van der Waals surface area contributed by atoms with Gasteiger partial charge in [0.2, 0.25) is 0 Å². The third kappa shape index (κ3) is 2.49. The first-order valence-corrected chi connectivity index (χ1v) is 6.30. The minimum absolute atomic E-state index is 0.296. The van der Waals surface area contributed by atoms with Crippen LogP contribution in [0.4, 0.5) is 5.69 Å². The lowest BCUT2D eigenvalue weighted by Gasteiger charge is -2.01. The van der Waals surface area contributed by atoms with Gasteiger partial charge in [-0.2, -0.15) is 4.98 Å². The number of hydrogen-bond donors (Lipinski definition) is 1. The molecule has 0 aliphatic rings. The minimum atomic E-state index is 0.296. The van der Waals surface area contributed by atoms with Gasteiger partial charge in [0.25, 0.3) is 5.89 Å². The minimum Gasteiger partial charge on any atom is -0.398 e. The number of nitrogens with zero attached hydrogens (tertiary/aromatic N) is 2. The van der Waals surface area contributed by atoms with E-state index in [1.54, 1.807) is 0 Å². The molecule has 0 bridgehead atoms. The van der Waals surface area contributed by atoms with Gasteiger partial charge in [0.15, 0.2) is 5.82 Å². The standard InChI is InChI=1S/C12H14BrN3O/c1-3-7(2)11-15-12(17-16-11)9-5-4-8(13)6-10(9)14/h4-7H,3,14H2,1-2H3. The van der Waals surface area contributed by atoms with Crippen molar-refractivity contribution in [1.29, 1.82) is 0 Å². The van der Waals surface area contributed by atoms with Crippen molar-refractivity contribution in [3.05, 3.63) is 28.5 Å². The molecule has 2 aromatic rings. The Hall–Kier alpha value is -1.36. The first kappa shape index (κ1) is 12.1. The second-order valence-electron chi connectivity index (χ2n) is 4.00. The predicted molar refractivity (Wildman–Crippen MR) is 70.6 cm³/mol. The third-order valence-corrected chi connectivity index (χ3v) is 3.23. The molecule has 0 saturated carbocycles. The summed E-state index contributed by atoms with van der Waals surface area (Å²) in [5.74, 6) is 1.50. The SMILES string of the molecule is CCC(C)c1noc(-c2ccc(Br)cc2N)n1. The van der Waals surface area contributed by atoms with Crippen molar-refractivity contribution < 1.29 is 4.52 Å². The second kappa shape index (κ2) is 4.87. The number of aromatic nitrogens is 2. The molecule has 4 nitrogen and oxygen atoms in total. The number of hydrogen-bond acceptors (Lipinski definition) is 4. The summed E-state index contributed by atoms with van der Waals surface area (Å²) in [7, 11) is 0. The van der Waals surface area contributed by atoms with Crippen molar-refractivity contribution in [2.75, 3.05) is 5.73 Å². The summed E-state index contributed by atoms with van der Waals surface area (Å²) < 4.78 is 6.17. The van der Waals surface area contributed by atoms with Crippen LogP contribution >= 0.6 is 15.9 Å². The van der Waals surface area contributed by atoms with Gasteiger partial charge in [-0.05, 0) is 24.6 Å². The molecule has 90 valence electrons. The third-order valence-electron chi connectivity index (χ3n) is 2.74. The average Bonchev–Trinajstić information content (AvgIpc) is 2.77. The summed E-state index contributed by atoms with van der Waals surface area (Å²) >= 11 is 3.36. The summed E-state index contributed by atoms with van der Waals surface area (Å²) in [6, 6.07) is 5.59. The molecule has 0 radical (unpaired) electrons. The summed E-state index contributed by atoms with van der Waals surface area (Å²) in [5, 5.41) is 3.97. The van der Waals surface area contributed by atoms with Gasteiger partial charge >= 0.3 is 0 Å². The second-order valence-corrected chi connectivity index (χ2v) is 4.91. The van der Waals surface area contributed by atoms with Gasteiger partial charge in [-0.25, -0.2) is 0 Å². The van der Waals surface area contributed by atoms with E-state index in [1.165, 1.54) is 0 Å². The molecule has 0 spiro atoms. The number of rotatable bonds is 3. The number of nitrogens with two attached hydrogens (primary N) is 1. The van der Waals surface area contributed by atoms with E-state index in [4.69, 9.17) is 10.3 Å². The Labute approximate surface area is 108 Å². The van der Waals surface area contributed by atoms with Crippen LogP contribution in [0, 0.1) is 0 Å². The first-order chi connectivity index (χ1) is 8.11. The van der Waals surface area contributed by atoms with Crippen molar-refractivity contribution in [1.82, 2.24) is 10.1 Å². The summed E-state index contributed by atoms with van der Waals surface area (Å²) in [5.41, 5.74) is 7.31. The number of anilines is 1. The highest BCUT2D eigenvalue weighted by Crippen LogP contribution is 2.28. The zero-order valence-corrected chi connectivity index (χ0v) is 11.4. The van der Waals surface area contributed by atoms with Gasteiger partial charge < -0.3 is 10.3 Å². The number of nitrogen functional groups attached to an aromatic ring is 1. The quantitative estimate of drug-likeness (QED) is 0.879. The van der Waals surface area contributed by atoms with Gasteiger partial charge in [0.05, 0.1) is 5.56 Å². The molecule has 1 aromatic heterocycles. The normalized spacial score (nSPS) is 12.6. The summed E-state index contributed by atoms with van der Waals surface area (Å²) in [4.78, 5) is 4.37. The molecule has 0 fully saturated rings. The lowest BCUT2D eigenvalue weighted by molar-refractivity contribution is 0.416. The molecule has 0 aliphatic carbocycles. The maximum absolute atomic E-state index is 5.91. The zero-order chi connectivity index (χ0) is 12.4. The van der Waals surface area contributed by atoms with Crippen LogP contribution in [0.15, 0.2) is 27.2 Å². The van der Waals surface area contributed by atoms with E-state index in [2.05, 4.69) is 39.9 Å². The van der Waals surface area contributed by atoms with Gasteiger partial charge in [-0.3, -0.25) is 0 Å². The fourth-order valence-corrected chi connectivity index (χ4v) is 1.83. The largest absolute Gasteiger partial charge is 0.398 e. The van der Waals surface area contributed by atoms with Gasteiger partial charge in [-0.15, -0.1) is 0 Å². The first-order valence-electron chi connectivity index (χ1n) is 5.50. The fraction of sp³-hybridized carbons (Fsp3) is 0.333. The van der Waals surface area contributed by atoms with Crippen LogP contribution in [0.3, 0.4) is 0 Å². The lowest BCUT2D eigenvalue weighted by atomic mass is 10.1. The van der Waals surface area contributed by atoms with E-state index in [0.29, 0.717) is 17.5 Å². The van der Waals surface area contributed by atoms with Crippen molar-refractivity contribution in [3.8, 4) is 11.5 Å². The van der Waals surface area contributed by atoms with Crippen LogP contribution in [-0.2, 0) is 0 Å². The van der Waals surface area contributed by atoms with E-state index in [1.807, 2.05) is 18.2 Å². The Morgan fingerprint density at radius 1 is 1.47 bits per heavy atom. The smallest absolute Gasteiger partial charge is 0.260 e. The highest BCUT2D eigenvalue weighted by molar-refractivity contribution is 9.10. The molecule has 1 unspecified atom stereocenters. The zero-order valence-electron chi connectivity index (χ0n) is 9.77. The van der Waals surface area contributed by atoms with E-state index in [9.17, 15) is 0 Å². The molecule has 0 amide bonds. The molecule has 1 aromatic carbocycles. The van der Waals surface area contributed by atoms with Crippen LogP contribution in [-0.4, -0.2) is 10.1 Å². The molecule has 1 atom stereocenters. The molecule has 0 aliphatic heterocycles. The Balaban J connectivity index is 2.37. The van der Waals surface area contributed by atoms with Crippen LogP contribution in [0.2, 0.25) is 0 Å². The van der Waals surface area contributed by atoms with Crippen molar-refractivity contribution in [3.63, 3.8) is 0 Å². The number of halogens is 1. The predicted octanol–water partition coefficient (Wildman–Crippen LogP) is 3.59. The van der Waals surface area contributed by atoms with Crippen molar-refractivity contribution in [2.45, 2.75) is 26.2 Å². The highest BCUT2D eigenvalue weighted by atomic mass is 79.9. The Bertz CT molecular complexity index is 524. The van der Waals surface area contributed by atoms with Crippen LogP contribution < -0.4 is 5.73 Å². The van der Waals surface area contributed by atoms with Gasteiger partial charge in [0, 0.05) is 16.1 Å². The van der Waals surface area contributed by atoms with E-state index in [0.717, 1.165) is 22.3 Å².